The van der Waals surface area contributed by atoms with Gasteiger partial charge in [-0.1, -0.05) is 36.4 Å². The normalized spacial score (nSPS) is 18.1. The van der Waals surface area contributed by atoms with Gasteiger partial charge in [0.1, 0.15) is 22.9 Å². The van der Waals surface area contributed by atoms with Gasteiger partial charge >= 0.3 is 0 Å². The first kappa shape index (κ1) is 23.1. The third kappa shape index (κ3) is 4.89. The summed E-state index contributed by atoms with van der Waals surface area (Å²) < 4.78 is 27.8. The number of benzene rings is 2. The van der Waals surface area contributed by atoms with E-state index >= 15 is 0 Å². The third-order valence-corrected chi connectivity index (χ3v) is 4.62. The van der Waals surface area contributed by atoms with Crippen molar-refractivity contribution >= 4 is 36.4 Å². The minimum Gasteiger partial charge on any atom is -0.365 e. The second-order valence-corrected chi connectivity index (χ2v) is 6.54. The Morgan fingerprint density at radius 3 is 2.30 bits per heavy atom. The quantitative estimate of drug-likeness (QED) is 0.801. The zero-order valence-electron chi connectivity index (χ0n) is 14.8. The van der Waals surface area contributed by atoms with Crippen LogP contribution in [0, 0.1) is 11.6 Å². The van der Waals surface area contributed by atoms with Crippen LogP contribution in [0.25, 0.3) is 0 Å². The van der Waals surface area contributed by atoms with Gasteiger partial charge in [0.25, 0.3) is 0 Å². The minimum atomic E-state index is -1.17. The largest absolute Gasteiger partial charge is 0.365 e. The Labute approximate surface area is 169 Å². The highest BCUT2D eigenvalue weighted by molar-refractivity contribution is 5.87. The maximum absolute atomic E-state index is 13.9. The van der Waals surface area contributed by atoms with Crippen LogP contribution in [-0.4, -0.2) is 25.0 Å². The molecule has 1 saturated heterocycles. The van der Waals surface area contributed by atoms with Crippen molar-refractivity contribution in [1.29, 1.82) is 0 Å². The first-order chi connectivity index (χ1) is 11.9. The summed E-state index contributed by atoms with van der Waals surface area (Å²) in [5.41, 5.74) is 5.71. The van der Waals surface area contributed by atoms with Crippen LogP contribution in [0.3, 0.4) is 0 Å². The lowest BCUT2D eigenvalue weighted by molar-refractivity contribution is -0.126. The van der Waals surface area contributed by atoms with Crippen LogP contribution in [-0.2, 0) is 10.3 Å². The number of hydrogen-bond donors (Lipinski definition) is 2. The predicted octanol–water partition coefficient (Wildman–Crippen LogP) is 3.38. The number of nitrogens with one attached hydrogen (secondary N) is 1. The number of rotatable bonds is 4. The molecule has 1 heterocycles. The van der Waals surface area contributed by atoms with Crippen LogP contribution in [0.4, 0.5) is 14.5 Å². The summed E-state index contributed by atoms with van der Waals surface area (Å²) >= 11 is 0. The van der Waals surface area contributed by atoms with Crippen LogP contribution in [0.1, 0.15) is 18.9 Å². The van der Waals surface area contributed by atoms with Crippen molar-refractivity contribution in [3.05, 3.63) is 65.7 Å². The van der Waals surface area contributed by atoms with Gasteiger partial charge in [-0.25, -0.2) is 8.78 Å². The highest BCUT2D eigenvalue weighted by Crippen LogP contribution is 2.27. The molecular weight excluding hydrogens is 395 g/mol. The zero-order valence-corrected chi connectivity index (χ0v) is 16.5. The number of anilines is 1. The molecule has 2 aromatic rings. The summed E-state index contributed by atoms with van der Waals surface area (Å²) in [5.74, 6) is -1.50. The molecule has 8 heteroatoms. The highest BCUT2D eigenvalue weighted by atomic mass is 35.5. The van der Waals surface area contributed by atoms with Gasteiger partial charge in [-0.05, 0) is 31.0 Å². The lowest BCUT2D eigenvalue weighted by Crippen LogP contribution is -2.52. The fraction of sp³-hybridized carbons (Fsp3) is 0.316. The fourth-order valence-corrected chi connectivity index (χ4v) is 3.12. The molecule has 148 valence electrons. The molecule has 0 radical (unpaired) electrons. The first-order valence-electron chi connectivity index (χ1n) is 8.24. The number of nitrogens with zero attached hydrogens (tertiary/aromatic N) is 1. The summed E-state index contributed by atoms with van der Waals surface area (Å²) in [7, 11) is 0. The number of hydrogen-bond acceptors (Lipinski definition) is 3. The SMILES string of the molecule is CC(N)(C(=O)NC1CCN(c2c(F)cccc2F)C1)c1ccccc1.Cl.Cl. The number of para-hydroxylation sites is 1. The summed E-state index contributed by atoms with van der Waals surface area (Å²) in [6, 6.07) is 12.7. The number of amides is 1. The van der Waals surface area contributed by atoms with Crippen molar-refractivity contribution in [3.63, 3.8) is 0 Å². The molecule has 1 amide bonds. The molecule has 1 fully saturated rings. The molecule has 0 aromatic heterocycles. The predicted molar refractivity (Wildman–Crippen MR) is 108 cm³/mol. The van der Waals surface area contributed by atoms with Crippen LogP contribution >= 0.6 is 24.8 Å². The molecule has 27 heavy (non-hydrogen) atoms. The summed E-state index contributed by atoms with van der Waals surface area (Å²) in [6.07, 6.45) is 0.602. The average Bonchev–Trinajstić information content (AvgIpc) is 3.03. The van der Waals surface area contributed by atoms with E-state index in [0.29, 0.717) is 25.1 Å². The third-order valence-electron chi connectivity index (χ3n) is 4.62. The molecule has 2 atom stereocenters. The van der Waals surface area contributed by atoms with E-state index in [9.17, 15) is 13.6 Å². The molecule has 0 spiro atoms. The Morgan fingerprint density at radius 1 is 1.11 bits per heavy atom. The molecule has 2 unspecified atom stereocenters. The van der Waals surface area contributed by atoms with Crippen molar-refractivity contribution in [3.8, 4) is 0 Å². The zero-order chi connectivity index (χ0) is 18.0. The molecule has 3 N–H and O–H groups in total. The van der Waals surface area contributed by atoms with Crippen molar-refractivity contribution < 1.29 is 13.6 Å². The van der Waals surface area contributed by atoms with E-state index in [1.807, 2.05) is 18.2 Å². The molecular formula is C19H23Cl2F2N3O. The Bertz CT molecular complexity index is 755. The average molecular weight is 418 g/mol. The summed E-state index contributed by atoms with van der Waals surface area (Å²) in [5, 5.41) is 2.91. The van der Waals surface area contributed by atoms with Gasteiger partial charge in [-0.2, -0.15) is 0 Å². The van der Waals surface area contributed by atoms with Gasteiger partial charge in [0.05, 0.1) is 0 Å². The molecule has 2 aromatic carbocycles. The van der Waals surface area contributed by atoms with E-state index in [1.165, 1.54) is 18.2 Å². The smallest absolute Gasteiger partial charge is 0.244 e. The standard InChI is InChI=1S/C19H21F2N3O.2ClH/c1-19(22,13-6-3-2-4-7-13)18(25)23-14-10-11-24(12-14)17-15(20)8-5-9-16(17)21;;/h2-9,14H,10-12,22H2,1H3,(H,23,25);2*1H. The monoisotopic (exact) mass is 417 g/mol. The highest BCUT2D eigenvalue weighted by Gasteiger charge is 2.34. The molecule has 4 nitrogen and oxygen atoms in total. The Hall–Kier alpha value is -1.89. The molecule has 0 bridgehead atoms. The van der Waals surface area contributed by atoms with E-state index in [1.54, 1.807) is 24.0 Å². The van der Waals surface area contributed by atoms with Crippen molar-refractivity contribution in [2.45, 2.75) is 24.9 Å². The first-order valence-corrected chi connectivity index (χ1v) is 8.24. The maximum Gasteiger partial charge on any atom is 0.244 e. The minimum absolute atomic E-state index is 0. The number of carbonyl (C=O) groups is 1. The Balaban J connectivity index is 0.00000182. The summed E-state index contributed by atoms with van der Waals surface area (Å²) in [6.45, 7) is 2.46. The molecule has 1 aliphatic rings. The van der Waals surface area contributed by atoms with Gasteiger partial charge in [0, 0.05) is 19.1 Å². The van der Waals surface area contributed by atoms with Gasteiger partial charge in [0.15, 0.2) is 0 Å². The van der Waals surface area contributed by atoms with E-state index in [4.69, 9.17) is 5.73 Å². The Kier molecular flexibility index (Phi) is 8.02. The van der Waals surface area contributed by atoms with Crippen LogP contribution < -0.4 is 16.0 Å². The van der Waals surface area contributed by atoms with Crippen molar-refractivity contribution in [2.24, 2.45) is 5.73 Å². The van der Waals surface area contributed by atoms with E-state index in [-0.39, 0.29) is 42.5 Å². The van der Waals surface area contributed by atoms with Crippen LogP contribution in [0.5, 0.6) is 0 Å². The van der Waals surface area contributed by atoms with Crippen molar-refractivity contribution in [1.82, 2.24) is 5.32 Å². The second kappa shape index (κ2) is 9.35. The lowest BCUT2D eigenvalue weighted by atomic mass is 9.92. The van der Waals surface area contributed by atoms with Crippen LogP contribution in [0.15, 0.2) is 48.5 Å². The fourth-order valence-electron chi connectivity index (χ4n) is 3.12. The number of carbonyl (C=O) groups excluding carboxylic acids is 1. The van der Waals surface area contributed by atoms with Gasteiger partial charge in [-0.15, -0.1) is 24.8 Å². The Morgan fingerprint density at radius 2 is 1.70 bits per heavy atom. The summed E-state index contributed by atoms with van der Waals surface area (Å²) in [4.78, 5) is 14.2. The van der Waals surface area contributed by atoms with Gasteiger partial charge < -0.3 is 16.0 Å². The van der Waals surface area contributed by atoms with Crippen molar-refractivity contribution in [2.75, 3.05) is 18.0 Å². The molecule has 3 rings (SSSR count). The van der Waals surface area contributed by atoms with Crippen LogP contribution in [0.2, 0.25) is 0 Å². The van der Waals surface area contributed by atoms with E-state index < -0.39 is 17.2 Å². The maximum atomic E-state index is 13.9. The van der Waals surface area contributed by atoms with E-state index in [0.717, 1.165) is 0 Å². The number of halogens is 4. The van der Waals surface area contributed by atoms with Gasteiger partial charge in [0.2, 0.25) is 5.91 Å². The molecule has 0 saturated carbocycles. The lowest BCUT2D eigenvalue weighted by Gasteiger charge is -2.26. The van der Waals surface area contributed by atoms with E-state index in [2.05, 4.69) is 5.32 Å². The van der Waals surface area contributed by atoms with Gasteiger partial charge in [-0.3, -0.25) is 4.79 Å². The molecule has 1 aliphatic heterocycles. The second-order valence-electron chi connectivity index (χ2n) is 6.54. The topological polar surface area (TPSA) is 58.4 Å². The molecule has 0 aliphatic carbocycles. The number of nitrogens with two attached hydrogens (primary N) is 1.